The fourth-order valence-corrected chi connectivity index (χ4v) is 1.63. The molecular weight excluding hydrogens is 203 g/mol. The van der Waals surface area contributed by atoms with Gasteiger partial charge in [-0.3, -0.25) is 0 Å². The molecule has 0 amide bonds. The van der Waals surface area contributed by atoms with E-state index in [9.17, 15) is 5.02 Å². The van der Waals surface area contributed by atoms with Gasteiger partial charge in [0.2, 0.25) is 0 Å². The number of benzene rings is 1. The van der Waals surface area contributed by atoms with Crippen molar-refractivity contribution in [3.63, 3.8) is 0 Å². The van der Waals surface area contributed by atoms with Crippen LogP contribution in [0.15, 0.2) is 18.2 Å². The number of rotatable bonds is 3. The first-order chi connectivity index (χ1) is 6.82. The van der Waals surface area contributed by atoms with E-state index < -0.39 is 14.7 Å². The molecule has 0 bridgehead atoms. The summed E-state index contributed by atoms with van der Waals surface area (Å²) in [6.45, 7) is 9.68. The second-order valence-corrected chi connectivity index (χ2v) is 10.3. The first kappa shape index (κ1) is 12.3. The van der Waals surface area contributed by atoms with E-state index in [0.717, 1.165) is 11.3 Å². The van der Waals surface area contributed by atoms with Crippen LogP contribution < -0.4 is 4.65 Å². The molecule has 1 rings (SSSR count). The van der Waals surface area contributed by atoms with Crippen LogP contribution in [0.2, 0.25) is 19.6 Å². The third kappa shape index (κ3) is 3.11. The van der Waals surface area contributed by atoms with Crippen LogP contribution in [0, 0.1) is 13.8 Å². The Kier molecular flexibility index (Phi) is 3.63. The van der Waals surface area contributed by atoms with E-state index >= 15 is 0 Å². The van der Waals surface area contributed by atoms with Crippen molar-refractivity contribution in [1.29, 1.82) is 0 Å². The summed E-state index contributed by atoms with van der Waals surface area (Å²) in [5.74, 6) is 0.796. The smallest absolute Gasteiger partial charge is 0.493 e. The summed E-state index contributed by atoms with van der Waals surface area (Å²) in [7, 11) is -1.65. The number of hydrogen-bond donors (Lipinski definition) is 1. The van der Waals surface area contributed by atoms with Crippen LogP contribution in [0.3, 0.4) is 0 Å². The third-order valence-corrected chi connectivity index (χ3v) is 4.13. The maximum atomic E-state index is 9.89. The molecule has 0 saturated heterocycles. The minimum atomic E-state index is -1.65. The molecule has 1 N–H and O–H groups in total. The van der Waals surface area contributed by atoms with Gasteiger partial charge in [-0.1, -0.05) is 31.8 Å². The van der Waals surface area contributed by atoms with Gasteiger partial charge in [0.25, 0.3) is 0 Å². The Morgan fingerprint density at radius 3 is 2.33 bits per heavy atom. The van der Waals surface area contributed by atoms with E-state index in [1.54, 1.807) is 0 Å². The van der Waals surface area contributed by atoms with Crippen molar-refractivity contribution < 1.29 is 9.68 Å². The van der Waals surface area contributed by atoms with E-state index in [-0.39, 0.29) is 0 Å². The lowest BCUT2D eigenvalue weighted by Crippen LogP contribution is -2.47. The Morgan fingerprint density at radius 2 is 1.80 bits per heavy atom. The van der Waals surface area contributed by atoms with Crippen molar-refractivity contribution in [2.45, 2.75) is 33.5 Å². The molecule has 0 fully saturated rings. The number of aryl methyl sites for hydroxylation is 1. The Morgan fingerprint density at radius 1 is 1.20 bits per heavy atom. The van der Waals surface area contributed by atoms with E-state index in [2.05, 4.69) is 19.6 Å². The summed E-state index contributed by atoms with van der Waals surface area (Å²) in [5, 5.41) is 9.89. The molecule has 0 saturated carbocycles. The van der Waals surface area contributed by atoms with Crippen molar-refractivity contribution >= 4 is 14.7 Å². The molecule has 1 aromatic carbocycles. The lowest BCUT2D eigenvalue weighted by Gasteiger charge is -2.21. The zero-order chi connectivity index (χ0) is 11.6. The SMILES string of the molecule is Cc1cccc(OB(O)[Si](C)(C)C)c1C. The molecule has 1 aromatic rings. The van der Waals surface area contributed by atoms with Gasteiger partial charge in [0.1, 0.15) is 13.7 Å². The number of hydrogen-bond acceptors (Lipinski definition) is 2. The van der Waals surface area contributed by atoms with Crippen LogP contribution in [0.4, 0.5) is 0 Å². The highest BCUT2D eigenvalue weighted by Crippen LogP contribution is 2.22. The van der Waals surface area contributed by atoms with Gasteiger partial charge in [0.05, 0.1) is 0 Å². The molecular formula is C11H19BO2Si. The van der Waals surface area contributed by atoms with Gasteiger partial charge >= 0.3 is 6.71 Å². The summed E-state index contributed by atoms with van der Waals surface area (Å²) < 4.78 is 5.61. The zero-order valence-electron chi connectivity index (χ0n) is 10.2. The molecule has 82 valence electrons. The summed E-state index contributed by atoms with van der Waals surface area (Å²) in [5.41, 5.74) is 2.30. The molecule has 0 aliphatic carbocycles. The molecule has 0 aromatic heterocycles. The predicted molar refractivity (Wildman–Crippen MR) is 67.9 cm³/mol. The lowest BCUT2D eigenvalue weighted by molar-refractivity contribution is 0.435. The Balaban J connectivity index is 2.86. The van der Waals surface area contributed by atoms with E-state index in [1.165, 1.54) is 5.56 Å². The van der Waals surface area contributed by atoms with Gasteiger partial charge < -0.3 is 9.68 Å². The molecule has 4 heteroatoms. The largest absolute Gasteiger partial charge is 0.539 e. The van der Waals surface area contributed by atoms with Crippen molar-refractivity contribution in [3.8, 4) is 5.75 Å². The predicted octanol–water partition coefficient (Wildman–Crippen LogP) is 2.58. The fraction of sp³-hybridized carbons (Fsp3) is 0.455. The summed E-state index contributed by atoms with van der Waals surface area (Å²) in [6, 6.07) is 5.91. The van der Waals surface area contributed by atoms with Crippen molar-refractivity contribution in [2.24, 2.45) is 0 Å². The highest BCUT2D eigenvalue weighted by Gasteiger charge is 2.34. The molecule has 0 aliphatic heterocycles. The van der Waals surface area contributed by atoms with Crippen LogP contribution in [-0.4, -0.2) is 19.7 Å². The van der Waals surface area contributed by atoms with Crippen LogP contribution in [0.1, 0.15) is 11.1 Å². The summed E-state index contributed by atoms with van der Waals surface area (Å²) >= 11 is 0. The van der Waals surface area contributed by atoms with E-state index in [4.69, 9.17) is 4.65 Å². The first-order valence-corrected chi connectivity index (χ1v) is 8.81. The van der Waals surface area contributed by atoms with Crippen molar-refractivity contribution in [3.05, 3.63) is 29.3 Å². The fourth-order valence-electron chi connectivity index (χ4n) is 1.15. The average molecular weight is 222 g/mol. The summed E-state index contributed by atoms with van der Waals surface area (Å²) in [6.07, 6.45) is 0. The van der Waals surface area contributed by atoms with Crippen LogP contribution >= 0.6 is 0 Å². The van der Waals surface area contributed by atoms with E-state index in [1.807, 2.05) is 32.0 Å². The van der Waals surface area contributed by atoms with Crippen LogP contribution in [0.25, 0.3) is 0 Å². The van der Waals surface area contributed by atoms with Gasteiger partial charge in [-0.25, -0.2) is 0 Å². The van der Waals surface area contributed by atoms with Gasteiger partial charge in [0, 0.05) is 0 Å². The lowest BCUT2D eigenvalue weighted by atomic mass is 10.1. The van der Waals surface area contributed by atoms with Gasteiger partial charge in [-0.05, 0) is 31.0 Å². The standard InChI is InChI=1S/C11H19BO2Si/c1-9-7-6-8-11(10(9)2)14-12(13)15(3,4)5/h6-8,13H,1-5H3. The quantitative estimate of drug-likeness (QED) is 0.796. The molecule has 0 radical (unpaired) electrons. The highest BCUT2D eigenvalue weighted by molar-refractivity contribution is 7.26. The van der Waals surface area contributed by atoms with Gasteiger partial charge in [-0.2, -0.15) is 0 Å². The Hall–Kier alpha value is -0.738. The normalized spacial score (nSPS) is 11.3. The molecule has 0 unspecified atom stereocenters. The summed E-state index contributed by atoms with van der Waals surface area (Å²) in [4.78, 5) is 0. The topological polar surface area (TPSA) is 29.5 Å². The monoisotopic (exact) mass is 222 g/mol. The minimum Gasteiger partial charge on any atom is -0.539 e. The Labute approximate surface area is 93.4 Å². The van der Waals surface area contributed by atoms with Gasteiger partial charge in [-0.15, -0.1) is 0 Å². The molecule has 2 nitrogen and oxygen atoms in total. The molecule has 15 heavy (non-hydrogen) atoms. The molecule has 0 atom stereocenters. The average Bonchev–Trinajstić information content (AvgIpc) is 2.11. The van der Waals surface area contributed by atoms with Crippen LogP contribution in [-0.2, 0) is 0 Å². The maximum absolute atomic E-state index is 9.89. The molecule has 0 heterocycles. The zero-order valence-corrected chi connectivity index (χ0v) is 11.2. The van der Waals surface area contributed by atoms with Crippen molar-refractivity contribution in [2.75, 3.05) is 0 Å². The minimum absolute atomic E-state index is 0.641. The highest BCUT2D eigenvalue weighted by atomic mass is 28.3. The maximum Gasteiger partial charge on any atom is 0.493 e. The van der Waals surface area contributed by atoms with E-state index in [0.29, 0.717) is 0 Å². The molecule has 0 aliphatic rings. The second-order valence-electron chi connectivity index (χ2n) is 5.03. The van der Waals surface area contributed by atoms with Gasteiger partial charge in [0.15, 0.2) is 0 Å². The Bertz CT molecular complexity index is 347. The second kappa shape index (κ2) is 4.41. The van der Waals surface area contributed by atoms with Crippen LogP contribution in [0.5, 0.6) is 5.75 Å². The third-order valence-electron chi connectivity index (χ3n) is 2.53. The van der Waals surface area contributed by atoms with Crippen molar-refractivity contribution in [1.82, 2.24) is 0 Å². The molecule has 0 spiro atoms. The first-order valence-electron chi connectivity index (χ1n) is 5.23.